The number of rotatable bonds is 5. The lowest BCUT2D eigenvalue weighted by atomic mass is 10.1. The number of thioether (sulfide) groups is 1. The quantitative estimate of drug-likeness (QED) is 0.390. The molecular weight excluding hydrogens is 519 g/mol. The molecule has 2 aromatic carbocycles. The second kappa shape index (κ2) is 10.4. The van der Waals surface area contributed by atoms with Gasteiger partial charge in [-0.1, -0.05) is 41.0 Å². The molecule has 0 radical (unpaired) electrons. The molecule has 2 aliphatic rings. The van der Waals surface area contributed by atoms with Crippen molar-refractivity contribution in [3.63, 3.8) is 0 Å². The highest BCUT2D eigenvalue weighted by molar-refractivity contribution is 7.99. The highest BCUT2D eigenvalue weighted by Gasteiger charge is 2.30. The molecule has 0 spiro atoms. The maximum Gasteiger partial charge on any atom is 0.263 e. The molecule has 11 heteroatoms. The van der Waals surface area contributed by atoms with E-state index in [-0.39, 0.29) is 12.5 Å². The van der Waals surface area contributed by atoms with Gasteiger partial charge in [0.25, 0.3) is 5.91 Å². The zero-order chi connectivity index (χ0) is 25.4. The highest BCUT2D eigenvalue weighted by atomic mass is 35.5. The minimum atomic E-state index is -0.253. The molecule has 1 fully saturated rings. The lowest BCUT2D eigenvalue weighted by Gasteiger charge is -2.40. The van der Waals surface area contributed by atoms with Crippen LogP contribution in [0.25, 0.3) is 0 Å². The number of aliphatic hydroxyl groups excluding tert-OH is 1. The number of nitrogens with one attached hydrogen (secondary N) is 2. The molecule has 0 aliphatic carbocycles. The predicted octanol–water partition coefficient (Wildman–Crippen LogP) is 4.92. The normalized spacial score (nSPS) is 19.9. The molecule has 188 valence electrons. The zero-order valence-electron chi connectivity index (χ0n) is 19.8. The fraction of sp³-hybridized carbons (Fsp3) is 0.320. The number of amides is 1. The van der Waals surface area contributed by atoms with Crippen LogP contribution in [0.15, 0.2) is 47.6 Å². The number of fused-ring (bicyclic) bond motifs is 1. The van der Waals surface area contributed by atoms with Crippen LogP contribution in [0, 0.1) is 0 Å². The Bertz CT molecular complexity index is 1290. The van der Waals surface area contributed by atoms with Crippen molar-refractivity contribution in [2.45, 2.75) is 37.6 Å². The molecule has 0 saturated carbocycles. The van der Waals surface area contributed by atoms with E-state index in [1.807, 2.05) is 18.2 Å². The number of carbonyl (C=O) groups is 1. The summed E-state index contributed by atoms with van der Waals surface area (Å²) in [5.41, 5.74) is 3.48. The summed E-state index contributed by atoms with van der Waals surface area (Å²) in [5, 5.41) is 18.2. The van der Waals surface area contributed by atoms with Crippen LogP contribution in [0.3, 0.4) is 0 Å². The maximum absolute atomic E-state index is 13.2. The van der Waals surface area contributed by atoms with Crippen LogP contribution in [-0.4, -0.2) is 52.0 Å². The monoisotopic (exact) mass is 544 g/mol. The van der Waals surface area contributed by atoms with Gasteiger partial charge in [-0.2, -0.15) is 0 Å². The van der Waals surface area contributed by atoms with Gasteiger partial charge in [0, 0.05) is 48.3 Å². The summed E-state index contributed by atoms with van der Waals surface area (Å²) in [5.74, 6) is 0.451. The molecule has 5 rings (SSSR count). The maximum atomic E-state index is 13.2. The largest absolute Gasteiger partial charge is 0.392 e. The molecule has 8 nitrogen and oxygen atoms in total. The Hall–Kier alpha value is -2.56. The van der Waals surface area contributed by atoms with Gasteiger partial charge in [0.05, 0.1) is 33.8 Å². The summed E-state index contributed by atoms with van der Waals surface area (Å²) in [6.07, 6.45) is 1.52. The van der Waals surface area contributed by atoms with Crippen LogP contribution in [0.4, 0.5) is 23.0 Å². The number of hydrogen-bond acceptors (Lipinski definition) is 8. The fourth-order valence-electron chi connectivity index (χ4n) is 4.48. The predicted molar refractivity (Wildman–Crippen MR) is 146 cm³/mol. The van der Waals surface area contributed by atoms with Crippen molar-refractivity contribution < 1.29 is 9.90 Å². The topological polar surface area (TPSA) is 93.6 Å². The summed E-state index contributed by atoms with van der Waals surface area (Å²) in [6.45, 7) is 6.02. The number of carbonyl (C=O) groups excluding carboxylic acids is 1. The molecule has 2 atom stereocenters. The van der Waals surface area contributed by atoms with Crippen LogP contribution in [-0.2, 0) is 6.61 Å². The van der Waals surface area contributed by atoms with Gasteiger partial charge in [-0.05, 0) is 44.2 Å². The van der Waals surface area contributed by atoms with Gasteiger partial charge in [0.15, 0.2) is 0 Å². The van der Waals surface area contributed by atoms with E-state index in [1.165, 1.54) is 18.0 Å². The van der Waals surface area contributed by atoms with E-state index in [4.69, 9.17) is 23.2 Å². The highest BCUT2D eigenvalue weighted by Crippen LogP contribution is 2.39. The standard InChI is InChI=1S/C25H26Cl2N6O2S/c1-14-11-32(15(2)9-28-14)21-7-6-17(8-16(21)12-34)30-25-29-10-18-23(31-25)36-13-33(24(18)35)22-19(26)4-3-5-20(22)27/h3-8,10,14-15,28,34H,9,11-13H2,1-2H3,(H,29,30,31)/t14-,15+/m0/s1. The first-order valence-corrected chi connectivity index (χ1v) is 13.4. The van der Waals surface area contributed by atoms with Crippen molar-refractivity contribution in [2.24, 2.45) is 0 Å². The van der Waals surface area contributed by atoms with Crippen LogP contribution in [0.2, 0.25) is 10.0 Å². The van der Waals surface area contributed by atoms with Crippen molar-refractivity contribution in [3.8, 4) is 0 Å². The van der Waals surface area contributed by atoms with Crippen molar-refractivity contribution in [1.82, 2.24) is 15.3 Å². The Balaban J connectivity index is 1.36. The van der Waals surface area contributed by atoms with E-state index in [0.29, 0.717) is 50.2 Å². The third-order valence-electron chi connectivity index (χ3n) is 6.35. The lowest BCUT2D eigenvalue weighted by Crippen LogP contribution is -2.54. The van der Waals surface area contributed by atoms with Crippen LogP contribution < -0.4 is 20.4 Å². The fourth-order valence-corrected chi connectivity index (χ4v) is 6.03. The molecule has 2 aliphatic heterocycles. The SMILES string of the molecule is C[C@@H]1CN[C@@H](C)CN1c1ccc(Nc2ncc3c(n2)SCN(c2c(Cl)cccc2Cl)C3=O)cc1CO. The lowest BCUT2D eigenvalue weighted by molar-refractivity contribution is 0.0985. The van der Waals surface area contributed by atoms with E-state index in [0.717, 1.165) is 30.0 Å². The van der Waals surface area contributed by atoms with Gasteiger partial charge in [-0.15, -0.1) is 0 Å². The Morgan fingerprint density at radius 3 is 2.75 bits per heavy atom. The van der Waals surface area contributed by atoms with E-state index in [9.17, 15) is 9.90 Å². The third-order valence-corrected chi connectivity index (χ3v) is 7.93. The molecule has 0 unspecified atom stereocenters. The van der Waals surface area contributed by atoms with Crippen molar-refractivity contribution in [1.29, 1.82) is 0 Å². The molecule has 36 heavy (non-hydrogen) atoms. The average molecular weight is 545 g/mol. The van der Waals surface area contributed by atoms with Gasteiger partial charge < -0.3 is 20.6 Å². The van der Waals surface area contributed by atoms with Crippen molar-refractivity contribution in [3.05, 3.63) is 63.8 Å². The number of nitrogens with zero attached hydrogens (tertiary/aromatic N) is 4. The molecule has 1 amide bonds. The summed E-state index contributed by atoms with van der Waals surface area (Å²) < 4.78 is 0. The first kappa shape index (κ1) is 25.1. The Kier molecular flexibility index (Phi) is 7.28. The van der Waals surface area contributed by atoms with Gasteiger partial charge in [-0.25, -0.2) is 9.97 Å². The number of anilines is 4. The van der Waals surface area contributed by atoms with E-state index < -0.39 is 0 Å². The number of aromatic nitrogens is 2. The van der Waals surface area contributed by atoms with Crippen molar-refractivity contribution >= 4 is 63.9 Å². The minimum Gasteiger partial charge on any atom is -0.392 e. The smallest absolute Gasteiger partial charge is 0.263 e. The molecule has 0 bridgehead atoms. The molecule has 3 heterocycles. The molecule has 1 saturated heterocycles. The second-order valence-corrected chi connectivity index (χ2v) is 10.7. The Morgan fingerprint density at radius 2 is 2.00 bits per heavy atom. The van der Waals surface area contributed by atoms with Crippen LogP contribution in [0.5, 0.6) is 0 Å². The van der Waals surface area contributed by atoms with E-state index in [2.05, 4.69) is 39.3 Å². The first-order valence-electron chi connectivity index (χ1n) is 11.6. The summed E-state index contributed by atoms with van der Waals surface area (Å²) in [7, 11) is 0. The van der Waals surface area contributed by atoms with Crippen LogP contribution >= 0.6 is 35.0 Å². The van der Waals surface area contributed by atoms with E-state index in [1.54, 1.807) is 23.1 Å². The number of hydrogen-bond donors (Lipinski definition) is 3. The summed E-state index contributed by atoms with van der Waals surface area (Å²) in [4.78, 5) is 26.0. The first-order chi connectivity index (χ1) is 17.4. The number of benzene rings is 2. The summed E-state index contributed by atoms with van der Waals surface area (Å²) in [6, 6.07) is 11.7. The Labute approximate surface area is 224 Å². The van der Waals surface area contributed by atoms with E-state index >= 15 is 0 Å². The van der Waals surface area contributed by atoms with Crippen LogP contribution in [0.1, 0.15) is 29.8 Å². The summed E-state index contributed by atoms with van der Waals surface area (Å²) >= 11 is 14.0. The molecule has 3 aromatic rings. The number of halogens is 2. The number of aliphatic hydroxyl groups is 1. The van der Waals surface area contributed by atoms with Gasteiger partial charge >= 0.3 is 0 Å². The molecule has 1 aromatic heterocycles. The van der Waals surface area contributed by atoms with Gasteiger partial charge in [0.1, 0.15) is 5.03 Å². The molecule has 3 N–H and O–H groups in total. The van der Waals surface area contributed by atoms with Crippen molar-refractivity contribution in [2.75, 3.05) is 34.1 Å². The van der Waals surface area contributed by atoms with Gasteiger partial charge in [-0.3, -0.25) is 9.69 Å². The second-order valence-electron chi connectivity index (χ2n) is 8.93. The molecular formula is C25H26Cl2N6O2S. The Morgan fingerprint density at radius 1 is 1.22 bits per heavy atom. The van der Waals surface area contributed by atoms with Gasteiger partial charge in [0.2, 0.25) is 5.95 Å². The zero-order valence-corrected chi connectivity index (χ0v) is 22.2. The number of piperazine rings is 1. The minimum absolute atomic E-state index is 0.0777. The number of para-hydroxylation sites is 1. The average Bonchev–Trinajstić information content (AvgIpc) is 2.86. The third kappa shape index (κ3) is 4.86.